The second kappa shape index (κ2) is 8.72. The van der Waals surface area contributed by atoms with Crippen LogP contribution in [-0.2, 0) is 10.0 Å². The summed E-state index contributed by atoms with van der Waals surface area (Å²) in [4.78, 5) is 15.2. The molecule has 1 unspecified atom stereocenters. The number of rotatable bonds is 6. The molecule has 1 atom stereocenters. The predicted molar refractivity (Wildman–Crippen MR) is 122 cm³/mol. The third-order valence-electron chi connectivity index (χ3n) is 5.62. The van der Waals surface area contributed by atoms with Gasteiger partial charge in [-0.3, -0.25) is 9.10 Å². The van der Waals surface area contributed by atoms with E-state index in [1.165, 1.54) is 23.5 Å². The van der Waals surface area contributed by atoms with Crippen molar-refractivity contribution >= 4 is 33.0 Å². The van der Waals surface area contributed by atoms with Crippen LogP contribution in [-0.4, -0.2) is 39.9 Å². The number of hydrogen-bond donors (Lipinski definition) is 0. The molecule has 0 bridgehead atoms. The van der Waals surface area contributed by atoms with Crippen molar-refractivity contribution in [3.8, 4) is 5.75 Å². The largest absolute Gasteiger partial charge is 0.497 e. The molecule has 2 heterocycles. The van der Waals surface area contributed by atoms with Crippen LogP contribution >= 0.6 is 11.3 Å². The number of hydrogen-bond acceptors (Lipinski definition) is 5. The fourth-order valence-electron chi connectivity index (χ4n) is 3.87. The van der Waals surface area contributed by atoms with E-state index in [1.807, 2.05) is 16.3 Å². The number of anilines is 1. The fraction of sp³-hybridized carbons (Fsp3) is 0.261. The van der Waals surface area contributed by atoms with E-state index in [1.54, 1.807) is 54.8 Å². The van der Waals surface area contributed by atoms with E-state index < -0.39 is 10.0 Å². The molecule has 162 valence electrons. The zero-order valence-electron chi connectivity index (χ0n) is 17.4. The van der Waals surface area contributed by atoms with E-state index in [9.17, 15) is 13.2 Å². The Balaban J connectivity index is 1.60. The Morgan fingerprint density at radius 2 is 1.94 bits per heavy atom. The van der Waals surface area contributed by atoms with Crippen molar-refractivity contribution in [1.29, 1.82) is 0 Å². The molecule has 1 amide bonds. The molecule has 3 aromatic rings. The minimum atomic E-state index is -3.82. The number of thiophene rings is 1. The van der Waals surface area contributed by atoms with Crippen LogP contribution in [0.25, 0.3) is 0 Å². The molecular formula is C23H24N2O4S2. The standard InChI is InChI=1S/C23H24N2O4S2/c1-24(19-8-10-20(29-2)11-9-19)31(27,28)21-6-3-5-17(15-21)23(26)25-13-4-7-22(25)18-12-14-30-16-18/h3,5-6,8-12,14-16,22H,4,7,13H2,1-2H3. The van der Waals surface area contributed by atoms with Crippen molar-refractivity contribution in [2.24, 2.45) is 0 Å². The maximum absolute atomic E-state index is 13.2. The summed E-state index contributed by atoms with van der Waals surface area (Å²) in [7, 11) is -0.769. The van der Waals surface area contributed by atoms with E-state index >= 15 is 0 Å². The number of ether oxygens (including phenoxy) is 1. The van der Waals surface area contributed by atoms with Crippen molar-refractivity contribution in [3.05, 3.63) is 76.5 Å². The van der Waals surface area contributed by atoms with Gasteiger partial charge in [0.15, 0.2) is 0 Å². The quantitative estimate of drug-likeness (QED) is 0.545. The molecule has 1 aromatic heterocycles. The first-order chi connectivity index (χ1) is 14.9. The van der Waals surface area contributed by atoms with Gasteiger partial charge >= 0.3 is 0 Å². The van der Waals surface area contributed by atoms with Crippen molar-refractivity contribution in [2.45, 2.75) is 23.8 Å². The minimum Gasteiger partial charge on any atom is -0.497 e. The Morgan fingerprint density at radius 1 is 1.16 bits per heavy atom. The minimum absolute atomic E-state index is 0.0426. The average Bonchev–Trinajstić information content (AvgIpc) is 3.50. The number of likely N-dealkylation sites (tertiary alicyclic amines) is 1. The topological polar surface area (TPSA) is 66.9 Å². The summed E-state index contributed by atoms with van der Waals surface area (Å²) in [5, 5.41) is 4.08. The van der Waals surface area contributed by atoms with Crippen molar-refractivity contribution in [1.82, 2.24) is 4.90 Å². The number of methoxy groups -OCH3 is 1. The summed E-state index contributed by atoms with van der Waals surface area (Å²) < 4.78 is 32.8. The maximum Gasteiger partial charge on any atom is 0.264 e. The molecule has 1 saturated heterocycles. The molecule has 0 aliphatic carbocycles. The van der Waals surface area contributed by atoms with E-state index in [-0.39, 0.29) is 16.8 Å². The summed E-state index contributed by atoms with van der Waals surface area (Å²) in [6.45, 7) is 0.669. The third-order valence-corrected chi connectivity index (χ3v) is 8.10. The fourth-order valence-corrected chi connectivity index (χ4v) is 5.81. The van der Waals surface area contributed by atoms with Crippen LogP contribution in [0.2, 0.25) is 0 Å². The molecule has 0 N–H and O–H groups in total. The zero-order valence-corrected chi connectivity index (χ0v) is 19.0. The number of carbonyl (C=O) groups is 1. The number of amides is 1. The molecule has 1 aliphatic heterocycles. The number of carbonyl (C=O) groups excluding carboxylic acids is 1. The van der Waals surface area contributed by atoms with Crippen LogP contribution in [0.3, 0.4) is 0 Å². The Labute approximate surface area is 186 Å². The van der Waals surface area contributed by atoms with Gasteiger partial charge in [0.25, 0.3) is 15.9 Å². The van der Waals surface area contributed by atoms with E-state index in [0.717, 1.165) is 18.4 Å². The van der Waals surface area contributed by atoms with Gasteiger partial charge in [-0.25, -0.2) is 8.42 Å². The average molecular weight is 457 g/mol. The van der Waals surface area contributed by atoms with Crippen LogP contribution < -0.4 is 9.04 Å². The van der Waals surface area contributed by atoms with Gasteiger partial charge in [0.2, 0.25) is 0 Å². The normalized spacial score (nSPS) is 16.3. The third kappa shape index (κ3) is 4.18. The Bertz CT molecular complexity index is 1160. The molecule has 0 radical (unpaired) electrons. The Kier molecular flexibility index (Phi) is 6.02. The van der Waals surface area contributed by atoms with Crippen molar-refractivity contribution in [2.75, 3.05) is 25.0 Å². The van der Waals surface area contributed by atoms with Gasteiger partial charge in [0.1, 0.15) is 5.75 Å². The van der Waals surface area contributed by atoms with Gasteiger partial charge < -0.3 is 9.64 Å². The van der Waals surface area contributed by atoms with Gasteiger partial charge in [-0.2, -0.15) is 11.3 Å². The number of benzene rings is 2. The van der Waals surface area contributed by atoms with Crippen molar-refractivity contribution in [3.63, 3.8) is 0 Å². The molecule has 1 aliphatic rings. The highest BCUT2D eigenvalue weighted by Gasteiger charge is 2.31. The number of sulfonamides is 1. The lowest BCUT2D eigenvalue weighted by molar-refractivity contribution is 0.0735. The highest BCUT2D eigenvalue weighted by atomic mass is 32.2. The summed E-state index contributed by atoms with van der Waals surface area (Å²) in [5.74, 6) is 0.505. The lowest BCUT2D eigenvalue weighted by atomic mass is 10.1. The molecule has 4 rings (SSSR count). The summed E-state index contributed by atoms with van der Waals surface area (Å²) in [6, 6.07) is 15.2. The lowest BCUT2D eigenvalue weighted by Gasteiger charge is -2.25. The van der Waals surface area contributed by atoms with Crippen LogP contribution in [0.15, 0.2) is 70.3 Å². The van der Waals surface area contributed by atoms with Crippen LogP contribution in [0, 0.1) is 0 Å². The first-order valence-corrected chi connectivity index (χ1v) is 12.4. The Hall–Kier alpha value is -2.84. The lowest BCUT2D eigenvalue weighted by Crippen LogP contribution is -2.31. The second-order valence-corrected chi connectivity index (χ2v) is 10.2. The second-order valence-electron chi connectivity index (χ2n) is 7.41. The van der Waals surface area contributed by atoms with E-state index in [4.69, 9.17) is 4.74 Å². The predicted octanol–water partition coefficient (Wildman–Crippen LogP) is 4.56. The first kappa shape index (κ1) is 21.4. The molecular weight excluding hydrogens is 432 g/mol. The highest BCUT2D eigenvalue weighted by molar-refractivity contribution is 7.92. The molecule has 8 heteroatoms. The van der Waals surface area contributed by atoms with Crippen molar-refractivity contribution < 1.29 is 17.9 Å². The maximum atomic E-state index is 13.2. The molecule has 1 fully saturated rings. The van der Waals surface area contributed by atoms with E-state index in [2.05, 4.69) is 5.38 Å². The van der Waals surface area contributed by atoms with Gasteiger partial charge in [-0.1, -0.05) is 6.07 Å². The van der Waals surface area contributed by atoms with Crippen LogP contribution in [0.1, 0.15) is 34.8 Å². The summed E-state index contributed by atoms with van der Waals surface area (Å²) in [6.07, 6.45) is 1.85. The molecule has 0 spiro atoms. The molecule has 0 saturated carbocycles. The molecule has 31 heavy (non-hydrogen) atoms. The summed E-state index contributed by atoms with van der Waals surface area (Å²) >= 11 is 1.61. The summed E-state index contributed by atoms with van der Waals surface area (Å²) in [5.41, 5.74) is 2.03. The highest BCUT2D eigenvalue weighted by Crippen LogP contribution is 2.34. The smallest absolute Gasteiger partial charge is 0.264 e. The SMILES string of the molecule is COc1ccc(N(C)S(=O)(=O)c2cccc(C(=O)N3CCCC3c3ccsc3)c2)cc1. The van der Waals surface area contributed by atoms with Gasteiger partial charge in [0.05, 0.1) is 23.7 Å². The molecule has 6 nitrogen and oxygen atoms in total. The monoisotopic (exact) mass is 456 g/mol. The van der Waals surface area contributed by atoms with Gasteiger partial charge in [-0.05, 0) is 77.7 Å². The van der Waals surface area contributed by atoms with E-state index in [0.29, 0.717) is 23.5 Å². The van der Waals surface area contributed by atoms with Gasteiger partial charge in [0, 0.05) is 19.2 Å². The number of nitrogens with zero attached hydrogens (tertiary/aromatic N) is 2. The Morgan fingerprint density at radius 3 is 2.61 bits per heavy atom. The zero-order chi connectivity index (χ0) is 22.0. The van der Waals surface area contributed by atoms with Crippen LogP contribution in [0.4, 0.5) is 5.69 Å². The first-order valence-electron chi connectivity index (χ1n) is 9.98. The molecule has 2 aromatic carbocycles. The van der Waals surface area contributed by atoms with Gasteiger partial charge in [-0.15, -0.1) is 0 Å². The van der Waals surface area contributed by atoms with Crippen LogP contribution in [0.5, 0.6) is 5.75 Å².